The third kappa shape index (κ3) is 4.27. The lowest BCUT2D eigenvalue weighted by Crippen LogP contribution is -1.93. The van der Waals surface area contributed by atoms with Gasteiger partial charge in [0.1, 0.15) is 0 Å². The van der Waals surface area contributed by atoms with Crippen molar-refractivity contribution < 1.29 is 0 Å². The van der Waals surface area contributed by atoms with Gasteiger partial charge in [0.05, 0.1) is 11.0 Å². The summed E-state index contributed by atoms with van der Waals surface area (Å²) in [6.45, 7) is 0. The number of nitrogens with zero attached hydrogens (tertiary/aromatic N) is 2. The lowest BCUT2D eigenvalue weighted by Gasteiger charge is -2.20. The minimum atomic E-state index is 0.979. The number of rotatable bonds is 4. The van der Waals surface area contributed by atoms with Crippen molar-refractivity contribution in [2.24, 2.45) is 0 Å². The number of fused-ring (bicyclic) bond motifs is 4. The first-order chi connectivity index (χ1) is 22.8. The first-order valence-corrected chi connectivity index (χ1v) is 15.7. The Kier molecular flexibility index (Phi) is 6.17. The largest absolute Gasteiger partial charge is 0.256 e. The van der Waals surface area contributed by atoms with Crippen LogP contribution in [0.3, 0.4) is 0 Å². The van der Waals surface area contributed by atoms with Gasteiger partial charge in [0.2, 0.25) is 0 Å². The molecule has 2 heteroatoms. The molecule has 0 atom stereocenters. The Morgan fingerprint density at radius 1 is 0.326 bits per heavy atom. The molecule has 9 rings (SSSR count). The van der Waals surface area contributed by atoms with Crippen LogP contribution in [0.15, 0.2) is 170 Å². The molecule has 0 aliphatic heterocycles. The Hall–Kier alpha value is -6.12. The lowest BCUT2D eigenvalue weighted by atomic mass is 9.83. The molecule has 214 valence electrons. The van der Waals surface area contributed by atoms with Gasteiger partial charge in [0, 0.05) is 28.7 Å². The van der Waals surface area contributed by atoms with Crippen molar-refractivity contribution in [3.63, 3.8) is 0 Å². The Morgan fingerprint density at radius 3 is 1.74 bits per heavy atom. The highest BCUT2D eigenvalue weighted by molar-refractivity contribution is 6.22. The summed E-state index contributed by atoms with van der Waals surface area (Å²) in [6.07, 6.45) is 3.82. The third-order valence-electron chi connectivity index (χ3n) is 9.14. The van der Waals surface area contributed by atoms with Crippen molar-refractivity contribution in [3.05, 3.63) is 170 Å². The normalized spacial score (nSPS) is 11.5. The van der Waals surface area contributed by atoms with Crippen molar-refractivity contribution in [1.29, 1.82) is 0 Å². The van der Waals surface area contributed by atoms with Gasteiger partial charge < -0.3 is 0 Å². The molecule has 2 aromatic heterocycles. The van der Waals surface area contributed by atoms with Crippen LogP contribution >= 0.6 is 0 Å². The quantitative estimate of drug-likeness (QED) is 0.192. The molecule has 0 bridgehead atoms. The standard InChI is InChI=1S/C44H28N2/c1-2-12-29(13-3-1)43-36-17-6-8-19-38(36)44(39-20-9-7-18-37(39)43)35-16-5-4-15-33(35)34-21-10-22-42-40(34)27-32(28-46-42)30-23-24-41-31(26-30)14-11-25-45-41/h1-28H. The van der Waals surface area contributed by atoms with Gasteiger partial charge in [-0.1, -0.05) is 127 Å². The van der Waals surface area contributed by atoms with Crippen molar-refractivity contribution >= 4 is 43.4 Å². The maximum absolute atomic E-state index is 4.96. The number of hydrogen-bond acceptors (Lipinski definition) is 2. The van der Waals surface area contributed by atoms with Crippen molar-refractivity contribution in [2.45, 2.75) is 0 Å². The van der Waals surface area contributed by atoms with E-state index in [0.29, 0.717) is 0 Å². The SMILES string of the molecule is c1ccc(-c2c3ccccc3c(-c3ccccc3-c3cccc4ncc(-c5ccc6ncccc6c5)cc34)c3ccccc23)cc1. The van der Waals surface area contributed by atoms with E-state index >= 15 is 0 Å². The van der Waals surface area contributed by atoms with Gasteiger partial charge in [-0.25, -0.2) is 0 Å². The molecule has 2 nitrogen and oxygen atoms in total. The van der Waals surface area contributed by atoms with Crippen LogP contribution in [0.1, 0.15) is 0 Å². The lowest BCUT2D eigenvalue weighted by molar-refractivity contribution is 1.40. The second kappa shape index (κ2) is 10.8. The van der Waals surface area contributed by atoms with E-state index in [9.17, 15) is 0 Å². The fraction of sp³-hybridized carbons (Fsp3) is 0. The number of pyridine rings is 2. The van der Waals surface area contributed by atoms with E-state index in [4.69, 9.17) is 4.98 Å². The van der Waals surface area contributed by atoms with Gasteiger partial charge in [-0.2, -0.15) is 0 Å². The molecule has 0 radical (unpaired) electrons. The molecular formula is C44H28N2. The Labute approximate surface area is 267 Å². The number of hydrogen-bond donors (Lipinski definition) is 0. The van der Waals surface area contributed by atoms with Crippen LogP contribution in [0.2, 0.25) is 0 Å². The number of benzene rings is 7. The monoisotopic (exact) mass is 584 g/mol. The minimum Gasteiger partial charge on any atom is -0.256 e. The molecule has 0 aliphatic rings. The van der Waals surface area contributed by atoms with Crippen LogP contribution in [-0.4, -0.2) is 9.97 Å². The van der Waals surface area contributed by atoms with Gasteiger partial charge in [-0.15, -0.1) is 0 Å². The second-order valence-electron chi connectivity index (χ2n) is 11.8. The summed E-state index contributed by atoms with van der Waals surface area (Å²) >= 11 is 0. The van der Waals surface area contributed by atoms with E-state index in [1.807, 2.05) is 18.5 Å². The summed E-state index contributed by atoms with van der Waals surface area (Å²) in [5, 5.41) is 7.26. The van der Waals surface area contributed by atoms with E-state index in [1.165, 1.54) is 54.9 Å². The van der Waals surface area contributed by atoms with Crippen molar-refractivity contribution in [3.8, 4) is 44.5 Å². The Morgan fingerprint density at radius 2 is 0.978 bits per heavy atom. The molecule has 7 aromatic carbocycles. The van der Waals surface area contributed by atoms with Crippen LogP contribution < -0.4 is 0 Å². The molecule has 0 saturated heterocycles. The Balaban J connectivity index is 1.31. The molecule has 0 amide bonds. The second-order valence-corrected chi connectivity index (χ2v) is 11.8. The summed E-state index contributed by atoms with van der Waals surface area (Å²) in [5.74, 6) is 0. The maximum atomic E-state index is 4.96. The highest BCUT2D eigenvalue weighted by atomic mass is 14.7. The molecule has 2 heterocycles. The minimum absolute atomic E-state index is 0.979. The predicted octanol–water partition coefficient (Wildman–Crippen LogP) is 11.8. The third-order valence-corrected chi connectivity index (χ3v) is 9.14. The molecule has 9 aromatic rings. The van der Waals surface area contributed by atoms with E-state index in [0.717, 1.165) is 32.9 Å². The molecule has 0 aliphatic carbocycles. The highest BCUT2D eigenvalue weighted by Crippen LogP contribution is 2.46. The molecular weight excluding hydrogens is 556 g/mol. The zero-order chi connectivity index (χ0) is 30.5. The maximum Gasteiger partial charge on any atom is 0.0708 e. The topological polar surface area (TPSA) is 25.8 Å². The van der Waals surface area contributed by atoms with Crippen molar-refractivity contribution in [1.82, 2.24) is 9.97 Å². The average molecular weight is 585 g/mol. The van der Waals surface area contributed by atoms with Gasteiger partial charge in [-0.05, 0) is 90.8 Å². The molecule has 0 spiro atoms. The molecule has 46 heavy (non-hydrogen) atoms. The fourth-order valence-corrected chi connectivity index (χ4v) is 7.07. The van der Waals surface area contributed by atoms with Crippen LogP contribution in [0, 0.1) is 0 Å². The van der Waals surface area contributed by atoms with E-state index in [2.05, 4.69) is 157 Å². The summed E-state index contributed by atoms with van der Waals surface area (Å²) in [5.41, 5.74) is 11.5. The Bertz CT molecular complexity index is 2530. The van der Waals surface area contributed by atoms with Crippen LogP contribution in [0.25, 0.3) is 87.9 Å². The predicted molar refractivity (Wildman–Crippen MR) is 194 cm³/mol. The zero-order valence-electron chi connectivity index (χ0n) is 25.1. The summed E-state index contributed by atoms with van der Waals surface area (Å²) in [6, 6.07) is 56.6. The average Bonchev–Trinajstić information content (AvgIpc) is 3.13. The van der Waals surface area contributed by atoms with Gasteiger partial charge in [0.25, 0.3) is 0 Å². The van der Waals surface area contributed by atoms with E-state index in [-0.39, 0.29) is 0 Å². The zero-order valence-corrected chi connectivity index (χ0v) is 25.1. The van der Waals surface area contributed by atoms with Gasteiger partial charge in [-0.3, -0.25) is 9.97 Å². The first-order valence-electron chi connectivity index (χ1n) is 15.7. The first kappa shape index (κ1) is 26.3. The molecule has 0 saturated carbocycles. The summed E-state index contributed by atoms with van der Waals surface area (Å²) in [4.78, 5) is 9.46. The van der Waals surface area contributed by atoms with Gasteiger partial charge in [0.15, 0.2) is 0 Å². The summed E-state index contributed by atoms with van der Waals surface area (Å²) in [7, 11) is 0. The van der Waals surface area contributed by atoms with E-state index in [1.54, 1.807) is 0 Å². The molecule has 0 fully saturated rings. The van der Waals surface area contributed by atoms with E-state index < -0.39 is 0 Å². The number of aromatic nitrogens is 2. The van der Waals surface area contributed by atoms with Crippen LogP contribution in [0.5, 0.6) is 0 Å². The van der Waals surface area contributed by atoms with Crippen molar-refractivity contribution in [2.75, 3.05) is 0 Å². The fourth-order valence-electron chi connectivity index (χ4n) is 7.07. The van der Waals surface area contributed by atoms with Gasteiger partial charge >= 0.3 is 0 Å². The smallest absolute Gasteiger partial charge is 0.0708 e. The van der Waals surface area contributed by atoms with Crippen LogP contribution in [0.4, 0.5) is 0 Å². The molecule has 0 unspecified atom stereocenters. The van der Waals surface area contributed by atoms with Crippen LogP contribution in [-0.2, 0) is 0 Å². The molecule has 0 N–H and O–H groups in total. The highest BCUT2D eigenvalue weighted by Gasteiger charge is 2.19. The summed E-state index contributed by atoms with van der Waals surface area (Å²) < 4.78 is 0.